The van der Waals surface area contributed by atoms with Crippen molar-refractivity contribution in [2.24, 2.45) is 0 Å². The van der Waals surface area contributed by atoms with Crippen LogP contribution in [0.15, 0.2) is 54.9 Å². The number of amides is 1. The van der Waals surface area contributed by atoms with E-state index in [4.69, 9.17) is 4.74 Å². The summed E-state index contributed by atoms with van der Waals surface area (Å²) in [7, 11) is 1.65. The minimum atomic E-state index is 0.0892. The van der Waals surface area contributed by atoms with Gasteiger partial charge in [-0.1, -0.05) is 24.3 Å². The minimum absolute atomic E-state index is 0.0892. The van der Waals surface area contributed by atoms with Crippen molar-refractivity contribution in [2.45, 2.75) is 25.8 Å². The lowest BCUT2D eigenvalue weighted by Gasteiger charge is -2.07. The van der Waals surface area contributed by atoms with Crippen LogP contribution in [0.25, 0.3) is 11.0 Å². The van der Waals surface area contributed by atoms with Gasteiger partial charge in [-0.25, -0.2) is 4.98 Å². The van der Waals surface area contributed by atoms with Crippen LogP contribution in [0, 0.1) is 0 Å². The van der Waals surface area contributed by atoms with Crippen LogP contribution in [0.1, 0.15) is 18.4 Å². The molecule has 5 nitrogen and oxygen atoms in total. The van der Waals surface area contributed by atoms with E-state index >= 15 is 0 Å². The number of para-hydroxylation sites is 2. The highest BCUT2D eigenvalue weighted by molar-refractivity contribution is 5.76. The predicted octanol–water partition coefficient (Wildman–Crippen LogP) is 3.18. The Hall–Kier alpha value is -2.82. The van der Waals surface area contributed by atoms with Gasteiger partial charge in [0.25, 0.3) is 0 Å². The monoisotopic (exact) mass is 337 g/mol. The molecule has 1 heterocycles. The summed E-state index contributed by atoms with van der Waals surface area (Å²) in [5.41, 5.74) is 3.28. The molecular formula is C20H23N3O2. The number of rotatable bonds is 8. The number of imidazole rings is 1. The Morgan fingerprint density at radius 3 is 2.76 bits per heavy atom. The lowest BCUT2D eigenvalue weighted by atomic mass is 10.1. The van der Waals surface area contributed by atoms with Gasteiger partial charge in [0.15, 0.2) is 0 Å². The average molecular weight is 337 g/mol. The maximum absolute atomic E-state index is 12.0. The summed E-state index contributed by atoms with van der Waals surface area (Å²) in [6, 6.07) is 15.9. The fraction of sp³-hybridized carbons (Fsp3) is 0.300. The van der Waals surface area contributed by atoms with E-state index in [0.29, 0.717) is 13.0 Å². The highest BCUT2D eigenvalue weighted by atomic mass is 16.5. The number of fused-ring (bicyclic) bond motifs is 1. The fourth-order valence-electron chi connectivity index (χ4n) is 2.80. The first-order chi connectivity index (χ1) is 12.3. The molecule has 0 aliphatic heterocycles. The van der Waals surface area contributed by atoms with Gasteiger partial charge < -0.3 is 14.6 Å². The van der Waals surface area contributed by atoms with Gasteiger partial charge >= 0.3 is 0 Å². The Balaban J connectivity index is 1.37. The summed E-state index contributed by atoms with van der Waals surface area (Å²) in [6.07, 6.45) is 3.98. The number of nitrogens with zero attached hydrogens (tertiary/aromatic N) is 2. The van der Waals surface area contributed by atoms with Gasteiger partial charge in [0.1, 0.15) is 5.75 Å². The van der Waals surface area contributed by atoms with E-state index in [1.807, 2.05) is 48.8 Å². The molecule has 0 aliphatic carbocycles. The van der Waals surface area contributed by atoms with E-state index in [2.05, 4.69) is 20.9 Å². The topological polar surface area (TPSA) is 56.1 Å². The maximum atomic E-state index is 12.0. The molecule has 0 atom stereocenters. The molecule has 1 amide bonds. The van der Waals surface area contributed by atoms with Crippen molar-refractivity contribution >= 4 is 16.9 Å². The Morgan fingerprint density at radius 2 is 1.96 bits per heavy atom. The highest BCUT2D eigenvalue weighted by Gasteiger charge is 2.04. The van der Waals surface area contributed by atoms with E-state index < -0.39 is 0 Å². The lowest BCUT2D eigenvalue weighted by molar-refractivity contribution is -0.121. The molecular weight excluding hydrogens is 314 g/mol. The van der Waals surface area contributed by atoms with E-state index in [-0.39, 0.29) is 5.91 Å². The summed E-state index contributed by atoms with van der Waals surface area (Å²) < 4.78 is 7.26. The van der Waals surface area contributed by atoms with Crippen molar-refractivity contribution in [1.29, 1.82) is 0 Å². The number of benzene rings is 2. The largest absolute Gasteiger partial charge is 0.497 e. The Bertz CT molecular complexity index is 824. The predicted molar refractivity (Wildman–Crippen MR) is 98.7 cm³/mol. The molecule has 0 saturated carbocycles. The van der Waals surface area contributed by atoms with E-state index in [9.17, 15) is 4.79 Å². The molecule has 0 spiro atoms. The van der Waals surface area contributed by atoms with E-state index in [0.717, 1.165) is 41.7 Å². The van der Waals surface area contributed by atoms with Crippen LogP contribution in [-0.4, -0.2) is 29.1 Å². The zero-order chi connectivity index (χ0) is 17.5. The lowest BCUT2D eigenvalue weighted by Crippen LogP contribution is -2.25. The molecule has 0 radical (unpaired) electrons. The number of aromatic nitrogens is 2. The molecule has 130 valence electrons. The zero-order valence-corrected chi connectivity index (χ0v) is 14.4. The molecule has 2 aromatic carbocycles. The van der Waals surface area contributed by atoms with Crippen LogP contribution < -0.4 is 10.1 Å². The van der Waals surface area contributed by atoms with Crippen molar-refractivity contribution in [2.75, 3.05) is 13.7 Å². The first kappa shape index (κ1) is 17.0. The quantitative estimate of drug-likeness (QED) is 0.642. The average Bonchev–Trinajstić information content (AvgIpc) is 3.07. The maximum Gasteiger partial charge on any atom is 0.220 e. The molecule has 0 aliphatic rings. The zero-order valence-electron chi connectivity index (χ0n) is 14.4. The summed E-state index contributed by atoms with van der Waals surface area (Å²) in [5.74, 6) is 0.923. The molecule has 1 N–H and O–H groups in total. The van der Waals surface area contributed by atoms with Crippen molar-refractivity contribution in [3.63, 3.8) is 0 Å². The Morgan fingerprint density at radius 1 is 1.16 bits per heavy atom. The first-order valence-corrected chi connectivity index (χ1v) is 8.56. The summed E-state index contributed by atoms with van der Waals surface area (Å²) in [6.45, 7) is 1.52. The molecule has 0 fully saturated rings. The number of nitrogens with one attached hydrogen (secondary N) is 1. The van der Waals surface area contributed by atoms with Gasteiger partial charge in [0, 0.05) is 19.5 Å². The molecule has 5 heteroatoms. The minimum Gasteiger partial charge on any atom is -0.497 e. The molecule has 25 heavy (non-hydrogen) atoms. The fourth-order valence-corrected chi connectivity index (χ4v) is 2.80. The van der Waals surface area contributed by atoms with Gasteiger partial charge in [-0.2, -0.15) is 0 Å². The summed E-state index contributed by atoms with van der Waals surface area (Å²) >= 11 is 0. The van der Waals surface area contributed by atoms with E-state index in [1.165, 1.54) is 0 Å². The second kappa shape index (κ2) is 8.33. The Labute approximate surface area is 147 Å². The molecule has 3 rings (SSSR count). The number of methoxy groups -OCH3 is 1. The third-order valence-electron chi connectivity index (χ3n) is 4.23. The molecule has 0 bridgehead atoms. The van der Waals surface area contributed by atoms with Gasteiger partial charge in [-0.15, -0.1) is 0 Å². The van der Waals surface area contributed by atoms with Gasteiger partial charge in [0.2, 0.25) is 5.91 Å². The number of aryl methyl sites for hydroxylation is 2. The third-order valence-corrected chi connectivity index (χ3v) is 4.23. The van der Waals surface area contributed by atoms with Crippen LogP contribution in [-0.2, 0) is 17.8 Å². The standard InChI is InChI=1S/C20H23N3O2/c1-25-17-10-7-16(8-11-17)9-12-20(24)21-13-4-14-23-15-22-18-5-2-3-6-19(18)23/h2-3,5-8,10-11,15H,4,9,12-14H2,1H3,(H,21,24). The summed E-state index contributed by atoms with van der Waals surface area (Å²) in [4.78, 5) is 16.3. The van der Waals surface area contributed by atoms with Crippen LogP contribution in [0.4, 0.5) is 0 Å². The normalized spacial score (nSPS) is 10.8. The SMILES string of the molecule is COc1ccc(CCC(=O)NCCCn2cnc3ccccc32)cc1. The summed E-state index contributed by atoms with van der Waals surface area (Å²) in [5, 5.41) is 2.99. The van der Waals surface area contributed by atoms with Crippen LogP contribution in [0.2, 0.25) is 0 Å². The molecule has 3 aromatic rings. The second-order valence-electron chi connectivity index (χ2n) is 5.98. The Kier molecular flexibility index (Phi) is 5.67. The highest BCUT2D eigenvalue weighted by Crippen LogP contribution is 2.13. The molecule has 0 saturated heterocycles. The smallest absolute Gasteiger partial charge is 0.220 e. The number of hydrogen-bond acceptors (Lipinski definition) is 3. The number of carbonyl (C=O) groups excluding carboxylic acids is 1. The van der Waals surface area contributed by atoms with Gasteiger partial charge in [0.05, 0.1) is 24.5 Å². The van der Waals surface area contributed by atoms with Gasteiger partial charge in [-0.3, -0.25) is 4.79 Å². The van der Waals surface area contributed by atoms with Crippen molar-refractivity contribution < 1.29 is 9.53 Å². The van der Waals surface area contributed by atoms with Crippen molar-refractivity contribution in [3.05, 3.63) is 60.4 Å². The van der Waals surface area contributed by atoms with Crippen LogP contribution >= 0.6 is 0 Å². The van der Waals surface area contributed by atoms with Crippen molar-refractivity contribution in [1.82, 2.24) is 14.9 Å². The van der Waals surface area contributed by atoms with Crippen LogP contribution in [0.5, 0.6) is 5.75 Å². The molecule has 0 unspecified atom stereocenters. The second-order valence-corrected chi connectivity index (χ2v) is 5.98. The molecule has 1 aromatic heterocycles. The van der Waals surface area contributed by atoms with Gasteiger partial charge in [-0.05, 0) is 42.7 Å². The number of hydrogen-bond donors (Lipinski definition) is 1. The third kappa shape index (κ3) is 4.59. The van der Waals surface area contributed by atoms with Crippen LogP contribution in [0.3, 0.4) is 0 Å². The van der Waals surface area contributed by atoms with Crippen molar-refractivity contribution in [3.8, 4) is 5.75 Å². The number of carbonyl (C=O) groups is 1. The first-order valence-electron chi connectivity index (χ1n) is 8.56. The van der Waals surface area contributed by atoms with E-state index in [1.54, 1.807) is 7.11 Å². The number of ether oxygens (including phenoxy) is 1.